The molecule has 4 nitrogen and oxygen atoms in total. The number of carbonyl (C=O) groups is 1. The summed E-state index contributed by atoms with van der Waals surface area (Å²) < 4.78 is 5.42. The van der Waals surface area contributed by atoms with Gasteiger partial charge in [0, 0.05) is 19.7 Å². The van der Waals surface area contributed by atoms with Gasteiger partial charge in [-0.1, -0.05) is 20.8 Å². The fraction of sp³-hybridized carbons (Fsp3) is 0.923. The predicted molar refractivity (Wildman–Crippen MR) is 68.8 cm³/mol. The zero-order chi connectivity index (χ0) is 12.7. The third-order valence-corrected chi connectivity index (χ3v) is 2.94. The van der Waals surface area contributed by atoms with Gasteiger partial charge in [0.05, 0.1) is 12.5 Å². The zero-order valence-corrected chi connectivity index (χ0v) is 11.3. The van der Waals surface area contributed by atoms with Crippen molar-refractivity contribution in [3.05, 3.63) is 0 Å². The van der Waals surface area contributed by atoms with Gasteiger partial charge in [0.15, 0.2) is 0 Å². The Balaban J connectivity index is 2.08. The molecular weight excluding hydrogens is 216 g/mol. The van der Waals surface area contributed by atoms with E-state index in [0.717, 1.165) is 26.1 Å². The van der Waals surface area contributed by atoms with Crippen LogP contribution in [-0.4, -0.2) is 38.8 Å². The van der Waals surface area contributed by atoms with Gasteiger partial charge < -0.3 is 15.4 Å². The summed E-state index contributed by atoms with van der Waals surface area (Å²) in [5.41, 5.74) is 0. The molecule has 1 amide bonds. The second-order valence-corrected chi connectivity index (χ2v) is 5.46. The van der Waals surface area contributed by atoms with Crippen molar-refractivity contribution < 1.29 is 9.53 Å². The quantitative estimate of drug-likeness (QED) is 0.684. The molecule has 2 N–H and O–H groups in total. The van der Waals surface area contributed by atoms with Crippen LogP contribution in [0.1, 0.15) is 27.2 Å². The molecule has 2 atom stereocenters. The first kappa shape index (κ1) is 14.5. The average Bonchev–Trinajstić information content (AvgIpc) is 2.28. The smallest absolute Gasteiger partial charge is 0.224 e. The van der Waals surface area contributed by atoms with Gasteiger partial charge >= 0.3 is 0 Å². The summed E-state index contributed by atoms with van der Waals surface area (Å²) in [4.78, 5) is 11.8. The Morgan fingerprint density at radius 3 is 2.88 bits per heavy atom. The Labute approximate surface area is 104 Å². The first-order valence-corrected chi connectivity index (χ1v) is 6.65. The molecule has 1 aliphatic rings. The molecule has 0 aromatic rings. The SMILES string of the molecule is CC(C)COCCNC(=O)C1CNCC(C)C1. The first-order chi connectivity index (χ1) is 8.09. The van der Waals surface area contributed by atoms with Gasteiger partial charge in [-0.3, -0.25) is 4.79 Å². The minimum absolute atomic E-state index is 0.129. The minimum Gasteiger partial charge on any atom is -0.379 e. The maximum absolute atomic E-state index is 11.8. The second kappa shape index (κ2) is 7.67. The normalized spacial score (nSPS) is 24.9. The molecule has 0 aromatic heterocycles. The van der Waals surface area contributed by atoms with Crippen LogP contribution in [-0.2, 0) is 9.53 Å². The summed E-state index contributed by atoms with van der Waals surface area (Å²) in [5, 5.41) is 6.23. The van der Waals surface area contributed by atoms with E-state index in [1.54, 1.807) is 0 Å². The molecule has 0 radical (unpaired) electrons. The molecule has 17 heavy (non-hydrogen) atoms. The van der Waals surface area contributed by atoms with E-state index in [1.165, 1.54) is 0 Å². The lowest BCUT2D eigenvalue weighted by Gasteiger charge is -2.26. The second-order valence-electron chi connectivity index (χ2n) is 5.46. The largest absolute Gasteiger partial charge is 0.379 e. The molecule has 0 bridgehead atoms. The lowest BCUT2D eigenvalue weighted by molar-refractivity contribution is -0.126. The van der Waals surface area contributed by atoms with Crippen molar-refractivity contribution in [2.45, 2.75) is 27.2 Å². The van der Waals surface area contributed by atoms with Gasteiger partial charge in [0.1, 0.15) is 0 Å². The van der Waals surface area contributed by atoms with E-state index in [9.17, 15) is 4.79 Å². The van der Waals surface area contributed by atoms with Crippen molar-refractivity contribution in [1.82, 2.24) is 10.6 Å². The van der Waals surface area contributed by atoms with Crippen LogP contribution in [0.5, 0.6) is 0 Å². The van der Waals surface area contributed by atoms with E-state index in [-0.39, 0.29) is 11.8 Å². The number of hydrogen-bond acceptors (Lipinski definition) is 3. The van der Waals surface area contributed by atoms with Crippen LogP contribution >= 0.6 is 0 Å². The predicted octanol–water partition coefficient (Wildman–Crippen LogP) is 1.02. The number of ether oxygens (including phenoxy) is 1. The van der Waals surface area contributed by atoms with Gasteiger partial charge in [-0.2, -0.15) is 0 Å². The van der Waals surface area contributed by atoms with E-state index in [0.29, 0.717) is 25.0 Å². The molecule has 0 spiro atoms. The molecular formula is C13H26N2O2. The summed E-state index contributed by atoms with van der Waals surface area (Å²) in [6.07, 6.45) is 0.992. The first-order valence-electron chi connectivity index (χ1n) is 6.65. The minimum atomic E-state index is 0.129. The van der Waals surface area contributed by atoms with E-state index in [1.807, 2.05) is 0 Å². The third-order valence-electron chi connectivity index (χ3n) is 2.94. The molecule has 4 heteroatoms. The lowest BCUT2D eigenvalue weighted by atomic mass is 9.91. The Morgan fingerprint density at radius 1 is 1.47 bits per heavy atom. The Bertz CT molecular complexity index is 231. The molecule has 1 rings (SSSR count). The maximum Gasteiger partial charge on any atom is 0.224 e. The molecule has 0 aliphatic carbocycles. The van der Waals surface area contributed by atoms with Crippen LogP contribution in [0, 0.1) is 17.8 Å². The number of rotatable bonds is 6. The summed E-state index contributed by atoms with van der Waals surface area (Å²) >= 11 is 0. The monoisotopic (exact) mass is 242 g/mol. The number of hydrogen-bond donors (Lipinski definition) is 2. The fourth-order valence-corrected chi connectivity index (χ4v) is 2.07. The van der Waals surface area contributed by atoms with Crippen molar-refractivity contribution in [2.75, 3.05) is 32.8 Å². The van der Waals surface area contributed by atoms with Crippen molar-refractivity contribution in [1.29, 1.82) is 0 Å². The van der Waals surface area contributed by atoms with Crippen molar-refractivity contribution in [3.8, 4) is 0 Å². The van der Waals surface area contributed by atoms with Crippen LogP contribution in [0.15, 0.2) is 0 Å². The van der Waals surface area contributed by atoms with E-state index >= 15 is 0 Å². The molecule has 1 fully saturated rings. The molecule has 1 aliphatic heterocycles. The molecule has 0 aromatic carbocycles. The number of piperidine rings is 1. The number of carbonyl (C=O) groups excluding carboxylic acids is 1. The summed E-state index contributed by atoms with van der Waals surface area (Å²) in [7, 11) is 0. The van der Waals surface area contributed by atoms with E-state index in [4.69, 9.17) is 4.74 Å². The topological polar surface area (TPSA) is 50.4 Å². The highest BCUT2D eigenvalue weighted by Gasteiger charge is 2.24. The Morgan fingerprint density at radius 2 is 2.24 bits per heavy atom. The summed E-state index contributed by atoms with van der Waals surface area (Å²) in [5.74, 6) is 1.44. The van der Waals surface area contributed by atoms with Crippen molar-refractivity contribution in [2.24, 2.45) is 17.8 Å². The summed E-state index contributed by atoms with van der Waals surface area (Å²) in [6, 6.07) is 0. The van der Waals surface area contributed by atoms with Crippen molar-refractivity contribution >= 4 is 5.91 Å². The van der Waals surface area contributed by atoms with Crippen LogP contribution in [0.2, 0.25) is 0 Å². The van der Waals surface area contributed by atoms with E-state index in [2.05, 4.69) is 31.4 Å². The number of amides is 1. The van der Waals surface area contributed by atoms with Crippen LogP contribution in [0.25, 0.3) is 0 Å². The zero-order valence-electron chi connectivity index (χ0n) is 11.3. The molecule has 0 saturated carbocycles. The molecule has 1 heterocycles. The van der Waals surface area contributed by atoms with E-state index < -0.39 is 0 Å². The third kappa shape index (κ3) is 6.03. The van der Waals surface area contributed by atoms with Gasteiger partial charge in [-0.15, -0.1) is 0 Å². The van der Waals surface area contributed by atoms with Gasteiger partial charge in [0.25, 0.3) is 0 Å². The molecule has 100 valence electrons. The molecule has 1 saturated heterocycles. The maximum atomic E-state index is 11.8. The lowest BCUT2D eigenvalue weighted by Crippen LogP contribution is -2.44. The fourth-order valence-electron chi connectivity index (χ4n) is 2.07. The van der Waals surface area contributed by atoms with Gasteiger partial charge in [-0.25, -0.2) is 0 Å². The Hall–Kier alpha value is -0.610. The Kier molecular flexibility index (Phi) is 6.52. The highest BCUT2D eigenvalue weighted by Crippen LogP contribution is 2.15. The number of nitrogens with one attached hydrogen (secondary N) is 2. The van der Waals surface area contributed by atoms with Crippen LogP contribution in [0.3, 0.4) is 0 Å². The average molecular weight is 242 g/mol. The standard InChI is InChI=1S/C13H26N2O2/c1-10(2)9-17-5-4-15-13(16)12-6-11(3)7-14-8-12/h10-12,14H,4-9H2,1-3H3,(H,15,16). The van der Waals surface area contributed by atoms with Crippen LogP contribution in [0.4, 0.5) is 0 Å². The summed E-state index contributed by atoms with van der Waals surface area (Å²) in [6.45, 7) is 10.2. The van der Waals surface area contributed by atoms with Gasteiger partial charge in [0.2, 0.25) is 5.91 Å². The molecule has 2 unspecified atom stereocenters. The highest BCUT2D eigenvalue weighted by atomic mass is 16.5. The highest BCUT2D eigenvalue weighted by molar-refractivity contribution is 5.78. The van der Waals surface area contributed by atoms with Gasteiger partial charge in [-0.05, 0) is 24.8 Å². The van der Waals surface area contributed by atoms with Crippen molar-refractivity contribution in [3.63, 3.8) is 0 Å². The van der Waals surface area contributed by atoms with Crippen LogP contribution < -0.4 is 10.6 Å².